The lowest BCUT2D eigenvalue weighted by Gasteiger charge is -2.33. The number of likely N-dealkylation sites (tertiary alicyclic amines) is 1. The molecule has 1 atom stereocenters. The van der Waals surface area contributed by atoms with E-state index in [1.54, 1.807) is 39.8 Å². The van der Waals surface area contributed by atoms with E-state index in [0.717, 1.165) is 6.07 Å². The first kappa shape index (κ1) is 25.5. The molecule has 3 rings (SSSR count). The molecule has 0 aliphatic carbocycles. The minimum Gasteiger partial charge on any atom is -0.444 e. The maximum atomic E-state index is 14.0. The summed E-state index contributed by atoms with van der Waals surface area (Å²) in [5.41, 5.74) is -0.0671. The van der Waals surface area contributed by atoms with Gasteiger partial charge in [0.05, 0.1) is 16.5 Å². The van der Waals surface area contributed by atoms with Crippen molar-refractivity contribution < 1.29 is 27.1 Å². The SMILES string of the molecule is Cc1ccc(NC(=O)C2CCCN(C(=O)OC(C)(C)C)C2)cc1S(=O)(=O)Nc1ccccc1F. The summed E-state index contributed by atoms with van der Waals surface area (Å²) in [6, 6.07) is 9.98. The summed E-state index contributed by atoms with van der Waals surface area (Å²) in [6.45, 7) is 7.68. The highest BCUT2D eigenvalue weighted by Crippen LogP contribution is 2.26. The van der Waals surface area contributed by atoms with Gasteiger partial charge in [-0.15, -0.1) is 0 Å². The van der Waals surface area contributed by atoms with Crippen LogP contribution in [-0.2, 0) is 19.6 Å². The second-order valence-corrected chi connectivity index (χ2v) is 11.0. The molecule has 10 heteroatoms. The van der Waals surface area contributed by atoms with Gasteiger partial charge in [0.25, 0.3) is 10.0 Å². The van der Waals surface area contributed by atoms with Crippen LogP contribution in [-0.4, -0.2) is 44.0 Å². The lowest BCUT2D eigenvalue weighted by atomic mass is 9.97. The predicted molar refractivity (Wildman–Crippen MR) is 128 cm³/mol. The molecule has 2 amide bonds. The molecule has 2 N–H and O–H groups in total. The van der Waals surface area contributed by atoms with Crippen molar-refractivity contribution in [2.24, 2.45) is 5.92 Å². The average molecular weight is 492 g/mol. The maximum Gasteiger partial charge on any atom is 0.410 e. The Bertz CT molecular complexity index is 1180. The van der Waals surface area contributed by atoms with Crippen molar-refractivity contribution in [2.45, 2.75) is 51.0 Å². The summed E-state index contributed by atoms with van der Waals surface area (Å²) in [4.78, 5) is 26.7. The van der Waals surface area contributed by atoms with Gasteiger partial charge in [-0.25, -0.2) is 17.6 Å². The van der Waals surface area contributed by atoms with E-state index in [2.05, 4.69) is 10.0 Å². The molecule has 2 aromatic carbocycles. The van der Waals surface area contributed by atoms with Gasteiger partial charge in [-0.1, -0.05) is 18.2 Å². The fourth-order valence-corrected chi connectivity index (χ4v) is 4.98. The monoisotopic (exact) mass is 491 g/mol. The second-order valence-electron chi connectivity index (χ2n) is 9.32. The molecular formula is C24H30FN3O5S. The summed E-state index contributed by atoms with van der Waals surface area (Å²) in [7, 11) is -4.10. The van der Waals surface area contributed by atoms with E-state index in [-0.39, 0.29) is 23.0 Å². The van der Waals surface area contributed by atoms with Gasteiger partial charge in [-0.05, 0) is 70.4 Å². The number of nitrogens with one attached hydrogen (secondary N) is 2. The molecule has 1 aliphatic heterocycles. The van der Waals surface area contributed by atoms with E-state index in [4.69, 9.17) is 4.74 Å². The number of carbonyl (C=O) groups excluding carboxylic acids is 2. The standard InChI is InChI=1S/C24H30FN3O5S/c1-16-11-12-18(14-21(16)34(31,32)27-20-10-6-5-9-19(20)25)26-22(29)17-8-7-13-28(15-17)23(30)33-24(2,3)4/h5-6,9-12,14,17,27H,7-8,13,15H2,1-4H3,(H,26,29). The number of hydrogen-bond acceptors (Lipinski definition) is 5. The molecule has 0 aromatic heterocycles. The molecule has 1 unspecified atom stereocenters. The smallest absolute Gasteiger partial charge is 0.410 e. The first-order valence-corrected chi connectivity index (χ1v) is 12.5. The van der Waals surface area contributed by atoms with Gasteiger partial charge in [-0.3, -0.25) is 9.52 Å². The van der Waals surface area contributed by atoms with Crippen LogP contribution < -0.4 is 10.0 Å². The Hall–Kier alpha value is -3.14. The van der Waals surface area contributed by atoms with Gasteiger partial charge in [0.15, 0.2) is 0 Å². The molecule has 1 saturated heterocycles. The Morgan fingerprint density at radius 2 is 1.85 bits per heavy atom. The zero-order valence-corrected chi connectivity index (χ0v) is 20.5. The molecule has 0 spiro atoms. The number of carbonyl (C=O) groups is 2. The molecule has 8 nitrogen and oxygen atoms in total. The van der Waals surface area contributed by atoms with E-state index in [1.165, 1.54) is 29.2 Å². The third-order valence-electron chi connectivity index (χ3n) is 5.31. The van der Waals surface area contributed by atoms with Gasteiger partial charge in [0, 0.05) is 18.8 Å². The van der Waals surface area contributed by atoms with Crippen LogP contribution in [0.25, 0.3) is 0 Å². The third-order valence-corrected chi connectivity index (χ3v) is 6.81. The Morgan fingerprint density at radius 1 is 1.15 bits per heavy atom. The summed E-state index contributed by atoms with van der Waals surface area (Å²) < 4.78 is 47.4. The number of ether oxygens (including phenoxy) is 1. The fraction of sp³-hybridized carbons (Fsp3) is 0.417. The molecule has 184 valence electrons. The number of hydrogen-bond donors (Lipinski definition) is 2. The minimum atomic E-state index is -4.10. The topological polar surface area (TPSA) is 105 Å². The molecule has 1 fully saturated rings. The van der Waals surface area contributed by atoms with E-state index in [9.17, 15) is 22.4 Å². The first-order chi connectivity index (χ1) is 15.9. The van der Waals surface area contributed by atoms with Crippen molar-refractivity contribution in [3.8, 4) is 0 Å². The highest BCUT2D eigenvalue weighted by Gasteiger charge is 2.31. The van der Waals surface area contributed by atoms with Crippen molar-refractivity contribution >= 4 is 33.4 Å². The zero-order valence-electron chi connectivity index (χ0n) is 19.7. The van der Waals surface area contributed by atoms with Crippen LogP contribution in [0.2, 0.25) is 0 Å². The minimum absolute atomic E-state index is 0.0763. The number of benzene rings is 2. The second kappa shape index (κ2) is 10.0. The summed E-state index contributed by atoms with van der Waals surface area (Å²) in [5, 5.41) is 2.75. The van der Waals surface area contributed by atoms with Gasteiger partial charge < -0.3 is 15.0 Å². The average Bonchev–Trinajstić information content (AvgIpc) is 2.75. The summed E-state index contributed by atoms with van der Waals surface area (Å²) in [5.74, 6) is -1.47. The van der Waals surface area contributed by atoms with Gasteiger partial charge >= 0.3 is 6.09 Å². The van der Waals surface area contributed by atoms with Gasteiger partial charge in [0.1, 0.15) is 11.4 Å². The highest BCUT2D eigenvalue weighted by molar-refractivity contribution is 7.92. The number of amides is 2. The van der Waals surface area contributed by atoms with Gasteiger partial charge in [-0.2, -0.15) is 0 Å². The van der Waals surface area contributed by atoms with Crippen molar-refractivity contribution in [1.82, 2.24) is 4.90 Å². The lowest BCUT2D eigenvalue weighted by Crippen LogP contribution is -2.45. The molecule has 1 aliphatic rings. The Labute approximate surface area is 199 Å². The number of sulfonamides is 1. The van der Waals surface area contributed by atoms with Gasteiger partial charge in [0.2, 0.25) is 5.91 Å². The Balaban J connectivity index is 1.73. The summed E-state index contributed by atoms with van der Waals surface area (Å²) >= 11 is 0. The number of nitrogens with zero attached hydrogens (tertiary/aromatic N) is 1. The van der Waals surface area contributed by atoms with Crippen LogP contribution in [0.4, 0.5) is 20.6 Å². The number of aryl methyl sites for hydroxylation is 1. The van der Waals surface area contributed by atoms with Crippen molar-refractivity contribution in [2.75, 3.05) is 23.1 Å². The molecule has 2 aromatic rings. The molecule has 34 heavy (non-hydrogen) atoms. The van der Waals surface area contributed by atoms with Crippen molar-refractivity contribution in [1.29, 1.82) is 0 Å². The van der Waals surface area contributed by atoms with E-state index >= 15 is 0 Å². The molecule has 0 radical (unpaired) electrons. The van der Waals surface area contributed by atoms with Crippen LogP contribution >= 0.6 is 0 Å². The zero-order chi connectivity index (χ0) is 25.1. The number of piperidine rings is 1. The quantitative estimate of drug-likeness (QED) is 0.640. The predicted octanol–water partition coefficient (Wildman–Crippen LogP) is 4.52. The molecule has 0 saturated carbocycles. The van der Waals surface area contributed by atoms with Crippen LogP contribution in [0.1, 0.15) is 39.2 Å². The number of halogens is 1. The van der Waals surface area contributed by atoms with Crippen LogP contribution in [0.15, 0.2) is 47.4 Å². The van der Waals surface area contributed by atoms with Crippen LogP contribution in [0, 0.1) is 18.7 Å². The normalized spacial score (nSPS) is 16.6. The van der Waals surface area contributed by atoms with Crippen molar-refractivity contribution in [3.63, 3.8) is 0 Å². The maximum absolute atomic E-state index is 14.0. The molecule has 1 heterocycles. The van der Waals surface area contributed by atoms with Crippen LogP contribution in [0.3, 0.4) is 0 Å². The molecular weight excluding hydrogens is 461 g/mol. The summed E-state index contributed by atoms with van der Waals surface area (Å²) in [6.07, 6.45) is 0.780. The third kappa shape index (κ3) is 6.47. The number of rotatable bonds is 5. The Kier molecular flexibility index (Phi) is 7.50. The van der Waals surface area contributed by atoms with E-state index in [0.29, 0.717) is 30.6 Å². The van der Waals surface area contributed by atoms with E-state index < -0.39 is 33.5 Å². The van der Waals surface area contributed by atoms with Crippen molar-refractivity contribution in [3.05, 3.63) is 53.8 Å². The largest absolute Gasteiger partial charge is 0.444 e. The lowest BCUT2D eigenvalue weighted by molar-refractivity contribution is -0.121. The first-order valence-electron chi connectivity index (χ1n) is 11.0. The number of anilines is 2. The van der Waals surface area contributed by atoms with Crippen LogP contribution in [0.5, 0.6) is 0 Å². The highest BCUT2D eigenvalue weighted by atomic mass is 32.2. The molecule has 0 bridgehead atoms. The fourth-order valence-electron chi connectivity index (χ4n) is 3.64. The Morgan fingerprint density at radius 3 is 2.53 bits per heavy atom. The van der Waals surface area contributed by atoms with E-state index in [1.807, 2.05) is 0 Å². The number of para-hydroxylation sites is 1.